The highest BCUT2D eigenvalue weighted by atomic mass is 35.5. The third-order valence-electron chi connectivity index (χ3n) is 5.52. The lowest BCUT2D eigenvalue weighted by Gasteiger charge is -2.31. The molecule has 2 N–H and O–H groups in total. The zero-order valence-electron chi connectivity index (χ0n) is 19.6. The molecule has 0 saturated carbocycles. The van der Waals surface area contributed by atoms with Gasteiger partial charge in [0.2, 0.25) is 0 Å². The Bertz CT molecular complexity index is 1300. The van der Waals surface area contributed by atoms with E-state index in [0.717, 1.165) is 16.7 Å². The Labute approximate surface area is 219 Å². The van der Waals surface area contributed by atoms with Crippen LogP contribution in [0.25, 0.3) is 5.70 Å². The Morgan fingerprint density at radius 3 is 2.42 bits per heavy atom. The van der Waals surface area contributed by atoms with Crippen LogP contribution < -0.4 is 20.1 Å². The van der Waals surface area contributed by atoms with Crippen LogP contribution in [0.2, 0.25) is 5.02 Å². The summed E-state index contributed by atoms with van der Waals surface area (Å²) in [6, 6.07) is 18.0. The average molecular weight is 527 g/mol. The minimum absolute atomic E-state index is 0.239. The molecule has 0 amide bonds. The van der Waals surface area contributed by atoms with Crippen LogP contribution >= 0.6 is 23.8 Å². The highest BCUT2D eigenvalue weighted by Crippen LogP contribution is 2.37. The van der Waals surface area contributed by atoms with Crippen molar-refractivity contribution in [1.29, 1.82) is 0 Å². The second kappa shape index (κ2) is 11.4. The largest absolute Gasteiger partial charge is 0.490 e. The summed E-state index contributed by atoms with van der Waals surface area (Å²) >= 11 is 11.5. The van der Waals surface area contributed by atoms with E-state index in [9.17, 15) is 9.18 Å². The maximum Gasteiger partial charge on any atom is 0.338 e. The van der Waals surface area contributed by atoms with Gasteiger partial charge in [-0.3, -0.25) is 0 Å². The number of hydrogen-bond acceptors (Lipinski definition) is 5. The van der Waals surface area contributed by atoms with Gasteiger partial charge in [-0.25, -0.2) is 9.18 Å². The molecule has 6 nitrogen and oxygen atoms in total. The Morgan fingerprint density at radius 1 is 1.03 bits per heavy atom. The number of carbonyl (C=O) groups is 1. The first kappa shape index (κ1) is 25.5. The minimum atomic E-state index is -0.609. The molecule has 4 rings (SSSR count). The van der Waals surface area contributed by atoms with Gasteiger partial charge in [0.15, 0.2) is 16.6 Å². The van der Waals surface area contributed by atoms with E-state index >= 15 is 0 Å². The number of hydrogen-bond donors (Lipinski definition) is 2. The fourth-order valence-corrected chi connectivity index (χ4v) is 4.17. The van der Waals surface area contributed by atoms with Crippen molar-refractivity contribution in [3.05, 3.63) is 99.8 Å². The van der Waals surface area contributed by atoms with Gasteiger partial charge in [0.25, 0.3) is 0 Å². The number of esters is 1. The molecule has 1 heterocycles. The summed E-state index contributed by atoms with van der Waals surface area (Å²) in [6.07, 6.45) is 0. The monoisotopic (exact) mass is 526 g/mol. The standard InChI is InChI=1S/C27H24ClFN2O4S/c1-3-34-22-14-18(8-13-21(22)35-15-16-4-11-20(29)12-5-16)25-23(26(32)33-2)24(30-27(36)31-25)17-6-9-19(28)10-7-17/h4-14,25H,3,15H2,1-2H3,(H2,30,31,36)/t25-/m0/s1. The normalized spacial score (nSPS) is 15.1. The predicted molar refractivity (Wildman–Crippen MR) is 140 cm³/mol. The van der Waals surface area contributed by atoms with Crippen LogP contribution in [-0.4, -0.2) is 24.8 Å². The van der Waals surface area contributed by atoms with Crippen molar-refractivity contribution < 1.29 is 23.4 Å². The predicted octanol–water partition coefficient (Wildman–Crippen LogP) is 5.56. The summed E-state index contributed by atoms with van der Waals surface area (Å²) in [5.41, 5.74) is 3.16. The van der Waals surface area contributed by atoms with E-state index in [1.54, 1.807) is 48.5 Å². The first-order chi connectivity index (χ1) is 17.4. The number of methoxy groups -OCH3 is 1. The third-order valence-corrected chi connectivity index (χ3v) is 5.99. The Hall–Kier alpha value is -3.62. The van der Waals surface area contributed by atoms with Gasteiger partial charge in [0, 0.05) is 5.02 Å². The van der Waals surface area contributed by atoms with Crippen molar-refractivity contribution >= 4 is 40.6 Å². The van der Waals surface area contributed by atoms with Gasteiger partial charge in [-0.2, -0.15) is 0 Å². The van der Waals surface area contributed by atoms with Crippen LogP contribution in [0.3, 0.4) is 0 Å². The molecule has 0 saturated heterocycles. The Morgan fingerprint density at radius 2 is 1.75 bits per heavy atom. The fourth-order valence-electron chi connectivity index (χ4n) is 3.82. The molecule has 0 unspecified atom stereocenters. The molecule has 1 aliphatic heterocycles. The molecule has 0 aliphatic carbocycles. The quantitative estimate of drug-likeness (QED) is 0.294. The highest BCUT2D eigenvalue weighted by molar-refractivity contribution is 7.80. The summed E-state index contributed by atoms with van der Waals surface area (Å²) in [5.74, 6) is 0.198. The fraction of sp³-hybridized carbons (Fsp3) is 0.185. The second-order valence-corrected chi connectivity index (χ2v) is 8.72. The molecular formula is C27H24ClFN2O4S. The van der Waals surface area contributed by atoms with E-state index in [1.165, 1.54) is 19.2 Å². The number of rotatable bonds is 8. The summed E-state index contributed by atoms with van der Waals surface area (Å²) in [4.78, 5) is 13.0. The van der Waals surface area contributed by atoms with E-state index in [0.29, 0.717) is 39.5 Å². The van der Waals surface area contributed by atoms with E-state index in [1.807, 2.05) is 13.0 Å². The molecule has 186 valence electrons. The molecule has 3 aromatic carbocycles. The summed E-state index contributed by atoms with van der Waals surface area (Å²) in [7, 11) is 1.33. The summed E-state index contributed by atoms with van der Waals surface area (Å²) in [5, 5.41) is 7.18. The molecule has 9 heteroatoms. The number of thiocarbonyl (C=S) groups is 1. The zero-order chi connectivity index (χ0) is 25.7. The number of halogens is 2. The lowest BCUT2D eigenvalue weighted by molar-refractivity contribution is -0.136. The van der Waals surface area contributed by atoms with Crippen molar-refractivity contribution in [3.63, 3.8) is 0 Å². The van der Waals surface area contributed by atoms with Crippen LogP contribution in [0, 0.1) is 5.82 Å². The van der Waals surface area contributed by atoms with E-state index < -0.39 is 12.0 Å². The Kier molecular flexibility index (Phi) is 8.07. The van der Waals surface area contributed by atoms with Gasteiger partial charge in [-0.05, 0) is 72.2 Å². The van der Waals surface area contributed by atoms with Crippen molar-refractivity contribution in [2.24, 2.45) is 0 Å². The number of carbonyl (C=O) groups excluding carboxylic acids is 1. The van der Waals surface area contributed by atoms with E-state index in [4.69, 9.17) is 38.0 Å². The molecule has 0 spiro atoms. The topological polar surface area (TPSA) is 68.8 Å². The molecule has 0 radical (unpaired) electrons. The van der Waals surface area contributed by atoms with Crippen molar-refractivity contribution in [2.75, 3.05) is 13.7 Å². The first-order valence-electron chi connectivity index (χ1n) is 11.2. The summed E-state index contributed by atoms with van der Waals surface area (Å²) < 4.78 is 30.1. The van der Waals surface area contributed by atoms with E-state index in [-0.39, 0.29) is 12.4 Å². The average Bonchev–Trinajstić information content (AvgIpc) is 2.88. The minimum Gasteiger partial charge on any atom is -0.490 e. The second-order valence-electron chi connectivity index (χ2n) is 7.87. The lowest BCUT2D eigenvalue weighted by atomic mass is 9.92. The number of ether oxygens (including phenoxy) is 3. The maximum absolute atomic E-state index is 13.2. The third kappa shape index (κ3) is 5.78. The van der Waals surface area contributed by atoms with Crippen molar-refractivity contribution in [1.82, 2.24) is 10.6 Å². The van der Waals surface area contributed by atoms with Gasteiger partial charge < -0.3 is 24.8 Å². The molecular weight excluding hydrogens is 503 g/mol. The van der Waals surface area contributed by atoms with Gasteiger partial charge in [-0.1, -0.05) is 41.9 Å². The number of nitrogens with one attached hydrogen (secondary N) is 2. The van der Waals surface area contributed by atoms with Gasteiger partial charge in [0.05, 0.1) is 31.0 Å². The smallest absolute Gasteiger partial charge is 0.338 e. The van der Waals surface area contributed by atoms with Crippen LogP contribution in [0.1, 0.15) is 29.7 Å². The maximum atomic E-state index is 13.2. The van der Waals surface area contributed by atoms with Crippen molar-refractivity contribution in [3.8, 4) is 11.5 Å². The van der Waals surface area contributed by atoms with Crippen LogP contribution in [0.4, 0.5) is 4.39 Å². The van der Waals surface area contributed by atoms with E-state index in [2.05, 4.69) is 10.6 Å². The molecule has 0 bridgehead atoms. The molecule has 36 heavy (non-hydrogen) atoms. The molecule has 0 aromatic heterocycles. The molecule has 0 fully saturated rings. The van der Waals surface area contributed by atoms with Crippen LogP contribution in [0.15, 0.2) is 72.3 Å². The van der Waals surface area contributed by atoms with Crippen LogP contribution in [-0.2, 0) is 16.1 Å². The zero-order valence-corrected chi connectivity index (χ0v) is 21.2. The molecule has 1 atom stereocenters. The Balaban J connectivity index is 1.71. The molecule has 3 aromatic rings. The summed E-state index contributed by atoms with van der Waals surface area (Å²) in [6.45, 7) is 2.51. The lowest BCUT2D eigenvalue weighted by Crippen LogP contribution is -2.45. The van der Waals surface area contributed by atoms with Gasteiger partial charge in [-0.15, -0.1) is 0 Å². The van der Waals surface area contributed by atoms with Gasteiger partial charge in [0.1, 0.15) is 12.4 Å². The van der Waals surface area contributed by atoms with Crippen LogP contribution in [0.5, 0.6) is 11.5 Å². The number of benzene rings is 3. The van der Waals surface area contributed by atoms with Crippen molar-refractivity contribution in [2.45, 2.75) is 19.6 Å². The van der Waals surface area contributed by atoms with Gasteiger partial charge >= 0.3 is 5.97 Å². The first-order valence-corrected chi connectivity index (χ1v) is 12.0. The SMILES string of the molecule is CCOc1cc([C@@H]2NC(=S)NC(c3ccc(Cl)cc3)=C2C(=O)OC)ccc1OCc1ccc(F)cc1. The molecule has 1 aliphatic rings. The highest BCUT2D eigenvalue weighted by Gasteiger charge is 2.33.